The maximum absolute atomic E-state index is 12.9. The van der Waals surface area contributed by atoms with Crippen LogP contribution in [-0.2, 0) is 5.41 Å². The van der Waals surface area contributed by atoms with Crippen molar-refractivity contribution < 1.29 is 13.6 Å². The zero-order chi connectivity index (χ0) is 16.9. The number of fused-ring (bicyclic) bond motifs is 1. The molecule has 7 nitrogen and oxygen atoms in total. The molecule has 2 aromatic heterocycles. The summed E-state index contributed by atoms with van der Waals surface area (Å²) in [6.07, 6.45) is 3.12. The van der Waals surface area contributed by atoms with Crippen LogP contribution >= 0.6 is 0 Å². The van der Waals surface area contributed by atoms with Gasteiger partial charge in [0, 0.05) is 26.1 Å². The monoisotopic (exact) mass is 326 g/mol. The van der Waals surface area contributed by atoms with Gasteiger partial charge in [-0.1, -0.05) is 6.42 Å². The van der Waals surface area contributed by atoms with Crippen LogP contribution in [0.1, 0.15) is 52.9 Å². The molecule has 124 valence electrons. The molecular weight excluding hydrogens is 308 g/mol. The van der Waals surface area contributed by atoms with Gasteiger partial charge in [-0.25, -0.2) is 0 Å². The van der Waals surface area contributed by atoms with Gasteiger partial charge in [-0.05, 0) is 25.7 Å². The molecule has 1 aliphatic heterocycles. The van der Waals surface area contributed by atoms with E-state index in [1.807, 2.05) is 11.0 Å². The second-order valence-corrected chi connectivity index (χ2v) is 6.75. The molecule has 0 bridgehead atoms. The van der Waals surface area contributed by atoms with E-state index in [-0.39, 0.29) is 17.1 Å². The van der Waals surface area contributed by atoms with Crippen LogP contribution in [-0.4, -0.2) is 34.1 Å². The molecule has 7 heteroatoms. The van der Waals surface area contributed by atoms with Crippen LogP contribution in [0.2, 0.25) is 0 Å². The molecule has 0 radical (unpaired) electrons. The normalized spacial score (nSPS) is 25.7. The smallest absolute Gasteiger partial charge is 0.257 e. The fraction of sp³-hybridized carbons (Fsp3) is 0.529. The van der Waals surface area contributed by atoms with E-state index in [4.69, 9.17) is 14.1 Å². The number of carbonyl (C=O) groups is 1. The van der Waals surface area contributed by atoms with Crippen molar-refractivity contribution in [1.29, 1.82) is 5.26 Å². The van der Waals surface area contributed by atoms with Gasteiger partial charge in [0.2, 0.25) is 17.5 Å². The Balaban J connectivity index is 1.64. The van der Waals surface area contributed by atoms with E-state index in [9.17, 15) is 4.79 Å². The van der Waals surface area contributed by atoms with Crippen molar-refractivity contribution >= 4 is 5.91 Å². The van der Waals surface area contributed by atoms with Crippen LogP contribution < -0.4 is 0 Å². The number of hydrogen-bond donors (Lipinski definition) is 0. The maximum atomic E-state index is 12.9. The molecule has 2 fully saturated rings. The van der Waals surface area contributed by atoms with Gasteiger partial charge in [-0.15, -0.1) is 10.2 Å². The number of furan rings is 1. The fourth-order valence-corrected chi connectivity index (χ4v) is 4.21. The predicted molar refractivity (Wildman–Crippen MR) is 82.1 cm³/mol. The fourth-order valence-electron chi connectivity index (χ4n) is 4.21. The number of carbonyl (C=O) groups excluding carboxylic acids is 1. The van der Waals surface area contributed by atoms with Gasteiger partial charge in [0.15, 0.2) is 0 Å². The van der Waals surface area contributed by atoms with E-state index in [0.29, 0.717) is 42.1 Å². The van der Waals surface area contributed by atoms with Gasteiger partial charge in [0.05, 0.1) is 11.0 Å². The van der Waals surface area contributed by atoms with Gasteiger partial charge in [-0.2, -0.15) is 5.26 Å². The molecule has 1 aliphatic carbocycles. The zero-order valence-electron chi connectivity index (χ0n) is 13.7. The lowest BCUT2D eigenvalue weighted by Crippen LogP contribution is -2.35. The minimum atomic E-state index is -0.230. The summed E-state index contributed by atoms with van der Waals surface area (Å²) in [6.45, 7) is 4.74. The van der Waals surface area contributed by atoms with Crippen molar-refractivity contribution in [2.45, 2.75) is 38.5 Å². The average Bonchev–Trinajstić information content (AvgIpc) is 3.28. The summed E-state index contributed by atoms with van der Waals surface area (Å²) in [5.74, 6) is 2.10. The Morgan fingerprint density at radius 1 is 1.42 bits per heavy atom. The van der Waals surface area contributed by atoms with E-state index in [1.165, 1.54) is 6.07 Å². The highest BCUT2D eigenvalue weighted by atomic mass is 16.4. The van der Waals surface area contributed by atoms with Crippen LogP contribution in [0, 0.1) is 31.1 Å². The van der Waals surface area contributed by atoms with Crippen molar-refractivity contribution in [3.8, 4) is 6.07 Å². The lowest BCUT2D eigenvalue weighted by atomic mass is 9.80. The first-order valence-corrected chi connectivity index (χ1v) is 8.14. The molecule has 2 atom stereocenters. The summed E-state index contributed by atoms with van der Waals surface area (Å²) in [5.41, 5.74) is 0.232. The van der Waals surface area contributed by atoms with Crippen molar-refractivity contribution in [2.24, 2.45) is 5.92 Å². The summed E-state index contributed by atoms with van der Waals surface area (Å²) in [5, 5.41) is 17.2. The molecule has 2 aliphatic rings. The third kappa shape index (κ3) is 2.06. The van der Waals surface area contributed by atoms with Gasteiger partial charge in [0.1, 0.15) is 11.8 Å². The number of hydrogen-bond acceptors (Lipinski definition) is 6. The lowest BCUT2D eigenvalue weighted by Gasteiger charge is -2.24. The molecule has 0 N–H and O–H groups in total. The quantitative estimate of drug-likeness (QED) is 0.840. The minimum absolute atomic E-state index is 0.0947. The Morgan fingerprint density at radius 2 is 2.25 bits per heavy atom. The number of amides is 1. The van der Waals surface area contributed by atoms with Crippen molar-refractivity contribution in [2.75, 3.05) is 13.1 Å². The predicted octanol–water partition coefficient (Wildman–Crippen LogP) is 2.35. The van der Waals surface area contributed by atoms with E-state index < -0.39 is 0 Å². The standard InChI is InChI=1S/C17H18N4O3/c1-10-14(6-13(7-18)23-10)15(22)21-8-12-4-3-5-17(12,9-21)16-20-19-11(2)24-16/h6,12H,3-5,8-9H2,1-2H3/t12-,17-/m0/s1. The second kappa shape index (κ2) is 5.20. The Hall–Kier alpha value is -2.62. The Labute approximate surface area is 139 Å². The molecule has 1 saturated carbocycles. The Morgan fingerprint density at radius 3 is 2.92 bits per heavy atom. The van der Waals surface area contributed by atoms with Gasteiger partial charge in [-0.3, -0.25) is 4.79 Å². The number of nitriles is 1. The molecular formula is C17H18N4O3. The number of nitrogens with zero attached hydrogens (tertiary/aromatic N) is 4. The molecule has 0 spiro atoms. The highest BCUT2D eigenvalue weighted by molar-refractivity contribution is 5.95. The number of aromatic nitrogens is 2. The molecule has 0 aromatic carbocycles. The van der Waals surface area contributed by atoms with Gasteiger partial charge >= 0.3 is 0 Å². The first-order valence-electron chi connectivity index (χ1n) is 8.14. The molecule has 1 amide bonds. The Kier molecular flexibility index (Phi) is 3.23. The van der Waals surface area contributed by atoms with Crippen LogP contribution in [0.15, 0.2) is 14.9 Å². The highest BCUT2D eigenvalue weighted by Gasteiger charge is 2.55. The van der Waals surface area contributed by atoms with E-state index in [0.717, 1.165) is 19.3 Å². The van der Waals surface area contributed by atoms with Gasteiger partial charge in [0.25, 0.3) is 5.91 Å². The average molecular weight is 326 g/mol. The van der Waals surface area contributed by atoms with Crippen LogP contribution in [0.5, 0.6) is 0 Å². The minimum Gasteiger partial charge on any atom is -0.450 e. The first kappa shape index (κ1) is 14.9. The SMILES string of the molecule is Cc1nnc([C@]23CCC[C@H]2CN(C(=O)c2cc(C#N)oc2C)C3)o1. The molecule has 1 saturated heterocycles. The third-order valence-electron chi connectivity index (χ3n) is 5.37. The van der Waals surface area contributed by atoms with Crippen LogP contribution in [0.25, 0.3) is 0 Å². The van der Waals surface area contributed by atoms with Crippen molar-refractivity contribution in [1.82, 2.24) is 15.1 Å². The van der Waals surface area contributed by atoms with E-state index in [2.05, 4.69) is 10.2 Å². The maximum Gasteiger partial charge on any atom is 0.257 e. The van der Waals surface area contributed by atoms with Crippen LogP contribution in [0.4, 0.5) is 0 Å². The van der Waals surface area contributed by atoms with Crippen molar-refractivity contribution in [3.05, 3.63) is 34.9 Å². The molecule has 2 aromatic rings. The molecule has 0 unspecified atom stereocenters. The number of likely N-dealkylation sites (tertiary alicyclic amines) is 1. The zero-order valence-corrected chi connectivity index (χ0v) is 13.7. The summed E-state index contributed by atoms with van der Waals surface area (Å²) in [7, 11) is 0. The summed E-state index contributed by atoms with van der Waals surface area (Å²) in [4.78, 5) is 14.7. The second-order valence-electron chi connectivity index (χ2n) is 6.75. The largest absolute Gasteiger partial charge is 0.450 e. The molecule has 24 heavy (non-hydrogen) atoms. The van der Waals surface area contributed by atoms with E-state index >= 15 is 0 Å². The van der Waals surface area contributed by atoms with Crippen molar-refractivity contribution in [3.63, 3.8) is 0 Å². The van der Waals surface area contributed by atoms with Gasteiger partial charge < -0.3 is 13.7 Å². The summed E-state index contributed by atoms with van der Waals surface area (Å²) in [6, 6.07) is 3.46. The van der Waals surface area contributed by atoms with Crippen LogP contribution in [0.3, 0.4) is 0 Å². The number of aryl methyl sites for hydroxylation is 2. The topological polar surface area (TPSA) is 96.2 Å². The Bertz CT molecular complexity index is 846. The summed E-state index contributed by atoms with van der Waals surface area (Å²) < 4.78 is 11.0. The first-order chi connectivity index (χ1) is 11.5. The highest BCUT2D eigenvalue weighted by Crippen LogP contribution is 2.50. The summed E-state index contributed by atoms with van der Waals surface area (Å²) >= 11 is 0. The molecule has 3 heterocycles. The molecule has 4 rings (SSSR count). The van der Waals surface area contributed by atoms with E-state index in [1.54, 1.807) is 13.8 Å². The third-order valence-corrected chi connectivity index (χ3v) is 5.37. The number of rotatable bonds is 2. The lowest BCUT2D eigenvalue weighted by molar-refractivity contribution is 0.0774.